The van der Waals surface area contributed by atoms with Crippen LogP contribution in [-0.2, 0) is 4.79 Å². The van der Waals surface area contributed by atoms with Crippen molar-refractivity contribution in [1.82, 2.24) is 10.2 Å². The van der Waals surface area contributed by atoms with E-state index in [1.807, 2.05) is 32.9 Å². The topological polar surface area (TPSA) is 50.8 Å². The Morgan fingerprint density at radius 1 is 1.32 bits per heavy atom. The van der Waals surface area contributed by atoms with Crippen molar-refractivity contribution in [3.63, 3.8) is 0 Å². The number of aryl methyl sites for hydroxylation is 1. The highest BCUT2D eigenvalue weighted by Crippen LogP contribution is 2.31. The molecule has 1 aliphatic rings. The number of methoxy groups -OCH3 is 1. The molecular formula is C16H20N2O3S. The monoisotopic (exact) mass is 320 g/mol. The van der Waals surface area contributed by atoms with Gasteiger partial charge in [-0.1, -0.05) is 0 Å². The zero-order valence-electron chi connectivity index (χ0n) is 13.2. The first-order valence-corrected chi connectivity index (χ1v) is 7.58. The lowest BCUT2D eigenvalue weighted by molar-refractivity contribution is -0.122. The van der Waals surface area contributed by atoms with E-state index in [0.717, 1.165) is 11.1 Å². The molecule has 0 aliphatic carbocycles. The summed E-state index contributed by atoms with van der Waals surface area (Å²) in [6.45, 7) is 6.85. The van der Waals surface area contributed by atoms with Crippen molar-refractivity contribution >= 4 is 29.3 Å². The van der Waals surface area contributed by atoms with Gasteiger partial charge in [0.1, 0.15) is 5.70 Å². The second-order valence-electron chi connectivity index (χ2n) is 4.83. The molecule has 6 heteroatoms. The molecule has 1 heterocycles. The van der Waals surface area contributed by atoms with E-state index >= 15 is 0 Å². The number of hydrogen-bond donors (Lipinski definition) is 1. The predicted molar refractivity (Wildman–Crippen MR) is 90.0 cm³/mol. The van der Waals surface area contributed by atoms with E-state index in [1.54, 1.807) is 13.2 Å². The molecule has 1 aromatic rings. The van der Waals surface area contributed by atoms with Crippen molar-refractivity contribution in [3.8, 4) is 11.5 Å². The van der Waals surface area contributed by atoms with Crippen molar-refractivity contribution < 1.29 is 14.3 Å². The first kappa shape index (κ1) is 16.3. The Kier molecular flexibility index (Phi) is 5.03. The fourth-order valence-corrected chi connectivity index (χ4v) is 2.60. The fourth-order valence-electron chi connectivity index (χ4n) is 2.27. The normalized spacial score (nSPS) is 16.2. The Labute approximate surface area is 135 Å². The van der Waals surface area contributed by atoms with Gasteiger partial charge in [-0.2, -0.15) is 0 Å². The number of carbonyl (C=O) groups is 1. The summed E-state index contributed by atoms with van der Waals surface area (Å²) in [7, 11) is 1.61. The Morgan fingerprint density at radius 2 is 2.05 bits per heavy atom. The Hall–Kier alpha value is -2.08. The molecule has 0 spiro atoms. The van der Waals surface area contributed by atoms with Gasteiger partial charge in [-0.3, -0.25) is 9.69 Å². The number of nitrogens with zero attached hydrogens (tertiary/aromatic N) is 1. The minimum absolute atomic E-state index is 0.110. The van der Waals surface area contributed by atoms with E-state index < -0.39 is 0 Å². The number of amides is 1. The second-order valence-corrected chi connectivity index (χ2v) is 5.22. The van der Waals surface area contributed by atoms with Crippen molar-refractivity contribution in [2.24, 2.45) is 0 Å². The van der Waals surface area contributed by atoms with Gasteiger partial charge in [0, 0.05) is 6.54 Å². The van der Waals surface area contributed by atoms with Crippen LogP contribution in [0, 0.1) is 6.92 Å². The second kappa shape index (κ2) is 6.79. The Bertz CT molecular complexity index is 641. The maximum atomic E-state index is 12.2. The van der Waals surface area contributed by atoms with E-state index in [2.05, 4.69) is 5.32 Å². The number of hydrogen-bond acceptors (Lipinski definition) is 4. The van der Waals surface area contributed by atoms with Crippen LogP contribution in [0.25, 0.3) is 6.08 Å². The van der Waals surface area contributed by atoms with Gasteiger partial charge in [-0.05, 0) is 62.3 Å². The van der Waals surface area contributed by atoms with Crippen molar-refractivity contribution in [1.29, 1.82) is 0 Å². The molecule has 1 saturated heterocycles. The Balaban J connectivity index is 2.41. The molecule has 0 atom stereocenters. The van der Waals surface area contributed by atoms with E-state index in [0.29, 0.717) is 35.5 Å². The smallest absolute Gasteiger partial charge is 0.276 e. The molecule has 2 rings (SSSR count). The van der Waals surface area contributed by atoms with Crippen LogP contribution in [-0.4, -0.2) is 36.2 Å². The van der Waals surface area contributed by atoms with Crippen molar-refractivity contribution in [2.45, 2.75) is 20.8 Å². The molecule has 1 amide bonds. The maximum Gasteiger partial charge on any atom is 0.276 e. The molecule has 0 aromatic heterocycles. The molecule has 0 radical (unpaired) electrons. The van der Waals surface area contributed by atoms with Crippen LogP contribution < -0.4 is 14.8 Å². The number of rotatable bonds is 5. The summed E-state index contributed by atoms with van der Waals surface area (Å²) in [6.07, 6.45) is 1.79. The van der Waals surface area contributed by atoms with Crippen LogP contribution in [0.4, 0.5) is 0 Å². The number of thiocarbonyl (C=S) groups is 1. The third-order valence-electron chi connectivity index (χ3n) is 3.43. The zero-order valence-corrected chi connectivity index (χ0v) is 14.0. The summed E-state index contributed by atoms with van der Waals surface area (Å²) in [5, 5.41) is 3.40. The molecule has 0 bridgehead atoms. The van der Waals surface area contributed by atoms with Gasteiger partial charge in [-0.15, -0.1) is 0 Å². The molecular weight excluding hydrogens is 300 g/mol. The summed E-state index contributed by atoms with van der Waals surface area (Å²) in [5.74, 6) is 1.22. The molecule has 1 fully saturated rings. The van der Waals surface area contributed by atoms with Gasteiger partial charge in [-0.25, -0.2) is 0 Å². The average molecular weight is 320 g/mol. The van der Waals surface area contributed by atoms with Gasteiger partial charge < -0.3 is 14.8 Å². The zero-order chi connectivity index (χ0) is 16.3. The molecule has 118 valence electrons. The minimum Gasteiger partial charge on any atom is -0.493 e. The van der Waals surface area contributed by atoms with Crippen LogP contribution in [0.1, 0.15) is 25.0 Å². The summed E-state index contributed by atoms with van der Waals surface area (Å²) < 4.78 is 10.9. The van der Waals surface area contributed by atoms with Crippen LogP contribution in [0.5, 0.6) is 11.5 Å². The molecule has 0 saturated carbocycles. The molecule has 1 aliphatic heterocycles. The number of carbonyl (C=O) groups excluding carboxylic acids is 1. The number of likely N-dealkylation sites (N-methyl/N-ethyl adjacent to an activating group) is 1. The first-order chi connectivity index (χ1) is 10.5. The molecule has 22 heavy (non-hydrogen) atoms. The summed E-state index contributed by atoms with van der Waals surface area (Å²) in [5.41, 5.74) is 2.35. The lowest BCUT2D eigenvalue weighted by atomic mass is 10.1. The average Bonchev–Trinajstić information content (AvgIpc) is 2.76. The Morgan fingerprint density at radius 3 is 2.59 bits per heavy atom. The van der Waals surface area contributed by atoms with Crippen LogP contribution in [0.15, 0.2) is 17.8 Å². The van der Waals surface area contributed by atoms with Crippen LogP contribution in [0.3, 0.4) is 0 Å². The summed E-state index contributed by atoms with van der Waals surface area (Å²) in [4.78, 5) is 13.8. The lowest BCUT2D eigenvalue weighted by Crippen LogP contribution is -2.30. The van der Waals surface area contributed by atoms with E-state index in [4.69, 9.17) is 21.7 Å². The van der Waals surface area contributed by atoms with Gasteiger partial charge >= 0.3 is 0 Å². The third-order valence-corrected chi connectivity index (χ3v) is 3.75. The largest absolute Gasteiger partial charge is 0.493 e. The molecule has 1 N–H and O–H groups in total. The van der Waals surface area contributed by atoms with Gasteiger partial charge in [0.05, 0.1) is 13.7 Å². The van der Waals surface area contributed by atoms with E-state index in [9.17, 15) is 4.79 Å². The van der Waals surface area contributed by atoms with Crippen LogP contribution >= 0.6 is 12.2 Å². The molecule has 5 nitrogen and oxygen atoms in total. The van der Waals surface area contributed by atoms with Gasteiger partial charge in [0.2, 0.25) is 0 Å². The van der Waals surface area contributed by atoms with Gasteiger partial charge in [0.15, 0.2) is 16.6 Å². The van der Waals surface area contributed by atoms with Gasteiger partial charge in [0.25, 0.3) is 5.91 Å². The number of ether oxygens (including phenoxy) is 2. The predicted octanol–water partition coefficient (Wildman–Crippen LogP) is 2.48. The quantitative estimate of drug-likeness (QED) is 0.667. The van der Waals surface area contributed by atoms with E-state index in [-0.39, 0.29) is 5.91 Å². The highest BCUT2D eigenvalue weighted by Gasteiger charge is 2.29. The number of benzene rings is 1. The number of nitrogens with one attached hydrogen (secondary N) is 1. The maximum absolute atomic E-state index is 12.2. The summed E-state index contributed by atoms with van der Waals surface area (Å²) in [6, 6.07) is 3.77. The van der Waals surface area contributed by atoms with E-state index in [1.165, 1.54) is 4.90 Å². The fraction of sp³-hybridized carbons (Fsp3) is 0.375. The SMILES string of the molecule is CCOc1cc(/C=C2\NC(=S)N(CC)C2=O)c(C)cc1OC. The highest BCUT2D eigenvalue weighted by molar-refractivity contribution is 7.80. The van der Waals surface area contributed by atoms with Crippen LogP contribution in [0.2, 0.25) is 0 Å². The third kappa shape index (κ3) is 3.06. The van der Waals surface area contributed by atoms with Crippen molar-refractivity contribution in [3.05, 3.63) is 29.0 Å². The molecule has 0 unspecified atom stereocenters. The lowest BCUT2D eigenvalue weighted by Gasteiger charge is -2.12. The van der Waals surface area contributed by atoms with Crippen molar-refractivity contribution in [2.75, 3.05) is 20.3 Å². The molecule has 1 aromatic carbocycles. The minimum atomic E-state index is -0.110. The first-order valence-electron chi connectivity index (χ1n) is 7.17. The highest BCUT2D eigenvalue weighted by atomic mass is 32.1. The summed E-state index contributed by atoms with van der Waals surface area (Å²) >= 11 is 5.16. The standard InChI is InChI=1S/C16H20N2O3S/c1-5-18-15(19)12(17-16(18)22)8-11-9-14(21-6-2)13(20-4)7-10(11)3/h7-9H,5-6H2,1-4H3,(H,17,22)/b12-8-.